The van der Waals surface area contributed by atoms with Crippen LogP contribution in [0.1, 0.15) is 30.0 Å². The topological polar surface area (TPSA) is 81.4 Å². The van der Waals surface area contributed by atoms with E-state index in [0.717, 1.165) is 32.2 Å². The van der Waals surface area contributed by atoms with Crippen LogP contribution in [0.4, 0.5) is 5.69 Å². The number of hydrogen-bond acceptors (Lipinski definition) is 6. The van der Waals surface area contributed by atoms with Crippen molar-refractivity contribution >= 4 is 43.8 Å². The van der Waals surface area contributed by atoms with E-state index in [-0.39, 0.29) is 5.91 Å². The summed E-state index contributed by atoms with van der Waals surface area (Å²) in [5.74, 6) is 1.37. The minimum Gasteiger partial charge on any atom is -0.493 e. The number of carbonyl (C=O) groups is 1. The molecule has 0 saturated carbocycles. The molecule has 29 heavy (non-hydrogen) atoms. The summed E-state index contributed by atoms with van der Waals surface area (Å²) in [4.78, 5) is 13.3. The lowest BCUT2D eigenvalue weighted by molar-refractivity contribution is 0.102. The van der Waals surface area contributed by atoms with Crippen LogP contribution in [0.2, 0.25) is 0 Å². The van der Waals surface area contributed by atoms with E-state index in [4.69, 9.17) is 4.74 Å². The SMILES string of the molecule is CCOc1ccc(C(=O)Nc2ccc(-c3nn4c(CC)nnc4s3)cc2)cc1Br. The van der Waals surface area contributed by atoms with Crippen LogP contribution in [0, 0.1) is 0 Å². The first-order valence-electron chi connectivity index (χ1n) is 9.14. The second-order valence-electron chi connectivity index (χ2n) is 6.18. The number of halogens is 1. The van der Waals surface area contributed by atoms with Gasteiger partial charge >= 0.3 is 0 Å². The van der Waals surface area contributed by atoms with E-state index in [9.17, 15) is 4.79 Å². The van der Waals surface area contributed by atoms with Gasteiger partial charge in [0.15, 0.2) is 5.82 Å². The Morgan fingerprint density at radius 2 is 1.97 bits per heavy atom. The van der Waals surface area contributed by atoms with Crippen molar-refractivity contribution in [1.82, 2.24) is 19.8 Å². The molecule has 148 valence electrons. The van der Waals surface area contributed by atoms with Crippen molar-refractivity contribution in [2.24, 2.45) is 0 Å². The van der Waals surface area contributed by atoms with Gasteiger partial charge in [-0.1, -0.05) is 18.3 Å². The molecule has 0 saturated heterocycles. The summed E-state index contributed by atoms with van der Waals surface area (Å²) >= 11 is 4.92. The molecular formula is C20H18BrN5O2S. The minimum absolute atomic E-state index is 0.187. The molecule has 0 aliphatic heterocycles. The van der Waals surface area contributed by atoms with Gasteiger partial charge in [-0.15, -0.1) is 10.2 Å². The summed E-state index contributed by atoms with van der Waals surface area (Å²) in [7, 11) is 0. The van der Waals surface area contributed by atoms with Crippen molar-refractivity contribution in [3.05, 3.63) is 58.3 Å². The molecule has 0 unspecified atom stereocenters. The van der Waals surface area contributed by atoms with Gasteiger partial charge in [0.05, 0.1) is 11.1 Å². The Kier molecular flexibility index (Phi) is 5.59. The highest BCUT2D eigenvalue weighted by atomic mass is 79.9. The van der Waals surface area contributed by atoms with E-state index in [1.165, 1.54) is 11.3 Å². The van der Waals surface area contributed by atoms with E-state index in [1.807, 2.05) is 38.1 Å². The maximum atomic E-state index is 12.5. The first-order chi connectivity index (χ1) is 14.1. The van der Waals surface area contributed by atoms with Crippen LogP contribution in [0.3, 0.4) is 0 Å². The summed E-state index contributed by atoms with van der Waals surface area (Å²) in [6.45, 7) is 4.51. The second kappa shape index (κ2) is 8.30. The van der Waals surface area contributed by atoms with Gasteiger partial charge in [0.2, 0.25) is 4.96 Å². The minimum atomic E-state index is -0.187. The first-order valence-corrected chi connectivity index (χ1v) is 10.7. The van der Waals surface area contributed by atoms with Crippen molar-refractivity contribution < 1.29 is 9.53 Å². The van der Waals surface area contributed by atoms with E-state index in [2.05, 4.69) is 36.5 Å². The number of hydrogen-bond donors (Lipinski definition) is 1. The van der Waals surface area contributed by atoms with Gasteiger partial charge < -0.3 is 10.1 Å². The van der Waals surface area contributed by atoms with Crippen LogP contribution >= 0.6 is 27.3 Å². The molecule has 0 fully saturated rings. The summed E-state index contributed by atoms with van der Waals surface area (Å²) in [6.07, 6.45) is 0.775. The molecule has 4 rings (SSSR count). The largest absolute Gasteiger partial charge is 0.493 e. The molecule has 1 amide bonds. The van der Waals surface area contributed by atoms with E-state index in [1.54, 1.807) is 22.7 Å². The fourth-order valence-electron chi connectivity index (χ4n) is 2.81. The molecule has 0 atom stereocenters. The quantitative estimate of drug-likeness (QED) is 0.435. The molecule has 7 nitrogen and oxygen atoms in total. The summed E-state index contributed by atoms with van der Waals surface area (Å²) in [6, 6.07) is 12.9. The zero-order chi connectivity index (χ0) is 20.4. The average Bonchev–Trinajstić information content (AvgIpc) is 3.31. The highest BCUT2D eigenvalue weighted by Crippen LogP contribution is 2.28. The van der Waals surface area contributed by atoms with Gasteiger partial charge in [-0.3, -0.25) is 4.79 Å². The van der Waals surface area contributed by atoms with Gasteiger partial charge in [-0.05, 0) is 65.3 Å². The fourth-order valence-corrected chi connectivity index (χ4v) is 4.17. The number of fused-ring (bicyclic) bond motifs is 1. The molecule has 1 N–H and O–H groups in total. The normalized spacial score (nSPS) is 11.0. The van der Waals surface area contributed by atoms with Crippen molar-refractivity contribution in [2.45, 2.75) is 20.3 Å². The van der Waals surface area contributed by atoms with Crippen molar-refractivity contribution in [3.63, 3.8) is 0 Å². The number of carbonyl (C=O) groups excluding carboxylic acids is 1. The standard InChI is InChI=1S/C20H18BrN5O2S/c1-3-17-23-24-20-26(17)25-19(29-20)12-5-8-14(9-6-12)22-18(27)13-7-10-16(28-4-2)15(21)11-13/h5-11H,3-4H2,1-2H3,(H,22,27). The molecule has 0 aliphatic carbocycles. The lowest BCUT2D eigenvalue weighted by Crippen LogP contribution is -2.11. The van der Waals surface area contributed by atoms with Gasteiger partial charge in [-0.25, -0.2) is 0 Å². The fraction of sp³-hybridized carbons (Fsp3) is 0.200. The lowest BCUT2D eigenvalue weighted by atomic mass is 10.2. The van der Waals surface area contributed by atoms with Crippen molar-refractivity contribution in [3.8, 4) is 16.3 Å². The Balaban J connectivity index is 1.49. The highest BCUT2D eigenvalue weighted by Gasteiger charge is 2.13. The van der Waals surface area contributed by atoms with Gasteiger partial charge in [0.1, 0.15) is 10.8 Å². The molecule has 0 bridgehead atoms. The molecule has 0 spiro atoms. The highest BCUT2D eigenvalue weighted by molar-refractivity contribution is 9.10. The number of rotatable bonds is 6. The first kappa shape index (κ1) is 19.5. The zero-order valence-corrected chi connectivity index (χ0v) is 18.2. The van der Waals surface area contributed by atoms with E-state index in [0.29, 0.717) is 23.6 Å². The van der Waals surface area contributed by atoms with Crippen molar-refractivity contribution in [2.75, 3.05) is 11.9 Å². The molecule has 2 heterocycles. The number of anilines is 1. The number of benzene rings is 2. The number of amides is 1. The van der Waals surface area contributed by atoms with Crippen LogP contribution in [0.15, 0.2) is 46.9 Å². The Bertz CT molecular complexity index is 1170. The molecule has 9 heteroatoms. The van der Waals surface area contributed by atoms with E-state index >= 15 is 0 Å². The van der Waals surface area contributed by atoms with Crippen LogP contribution in [0.5, 0.6) is 5.75 Å². The van der Waals surface area contributed by atoms with Crippen LogP contribution in [-0.4, -0.2) is 32.3 Å². The van der Waals surface area contributed by atoms with E-state index < -0.39 is 0 Å². The lowest BCUT2D eigenvalue weighted by Gasteiger charge is -2.09. The zero-order valence-electron chi connectivity index (χ0n) is 15.8. The third kappa shape index (κ3) is 4.01. The average molecular weight is 472 g/mol. The molecule has 2 aromatic heterocycles. The van der Waals surface area contributed by atoms with Gasteiger partial charge in [0, 0.05) is 23.2 Å². The maximum absolute atomic E-state index is 12.5. The van der Waals surface area contributed by atoms with Crippen LogP contribution in [-0.2, 0) is 6.42 Å². The second-order valence-corrected chi connectivity index (χ2v) is 7.99. The monoisotopic (exact) mass is 471 g/mol. The number of aromatic nitrogens is 4. The number of aryl methyl sites for hydroxylation is 1. The molecule has 0 radical (unpaired) electrons. The molecule has 2 aromatic carbocycles. The van der Waals surface area contributed by atoms with Crippen LogP contribution in [0.25, 0.3) is 15.5 Å². The van der Waals surface area contributed by atoms with Crippen molar-refractivity contribution in [1.29, 1.82) is 0 Å². The third-order valence-corrected chi connectivity index (χ3v) is 5.82. The smallest absolute Gasteiger partial charge is 0.255 e. The Labute approximate surface area is 179 Å². The number of nitrogens with zero attached hydrogens (tertiary/aromatic N) is 4. The molecule has 0 aliphatic rings. The van der Waals surface area contributed by atoms with Crippen LogP contribution < -0.4 is 10.1 Å². The Morgan fingerprint density at radius 3 is 2.66 bits per heavy atom. The summed E-state index contributed by atoms with van der Waals surface area (Å²) < 4.78 is 8.01. The summed E-state index contributed by atoms with van der Waals surface area (Å²) in [5, 5.41) is 16.6. The number of nitrogens with one attached hydrogen (secondary N) is 1. The Hall–Kier alpha value is -2.78. The molecule has 4 aromatic rings. The number of ether oxygens (including phenoxy) is 1. The van der Waals surface area contributed by atoms with Gasteiger partial charge in [0.25, 0.3) is 5.91 Å². The van der Waals surface area contributed by atoms with Gasteiger partial charge in [-0.2, -0.15) is 9.61 Å². The Morgan fingerprint density at radius 1 is 1.17 bits per heavy atom. The molecular weight excluding hydrogens is 454 g/mol. The summed E-state index contributed by atoms with van der Waals surface area (Å²) in [5.41, 5.74) is 2.22. The maximum Gasteiger partial charge on any atom is 0.255 e. The third-order valence-electron chi connectivity index (χ3n) is 4.26. The predicted molar refractivity (Wildman–Crippen MR) is 117 cm³/mol. The predicted octanol–water partition coefficient (Wildman–Crippen LogP) is 4.83.